The summed E-state index contributed by atoms with van der Waals surface area (Å²) in [4.78, 5) is 0. The molecule has 1 N–H and O–H groups in total. The maximum atomic E-state index is 5.08. The lowest BCUT2D eigenvalue weighted by Gasteiger charge is -2.17. The molecule has 0 spiro atoms. The van der Waals surface area contributed by atoms with Crippen LogP contribution in [0.2, 0.25) is 0 Å². The highest BCUT2D eigenvalue weighted by molar-refractivity contribution is 5.83. The first-order chi connectivity index (χ1) is 9.77. The summed E-state index contributed by atoms with van der Waals surface area (Å²) in [5.74, 6) is 0. The number of hydrogen-bond donors (Lipinski definition) is 1. The third-order valence-electron chi connectivity index (χ3n) is 3.80. The van der Waals surface area contributed by atoms with Crippen LogP contribution in [0.5, 0.6) is 0 Å². The molecule has 1 atom stereocenters. The smallest absolute Gasteiger partial charge is 0.0587 e. The first-order valence-electron chi connectivity index (χ1n) is 7.56. The van der Waals surface area contributed by atoms with Crippen molar-refractivity contribution in [3.8, 4) is 0 Å². The van der Waals surface area contributed by atoms with Gasteiger partial charge in [0.2, 0.25) is 0 Å². The molecule has 110 valence electrons. The van der Waals surface area contributed by atoms with Crippen LogP contribution in [0.25, 0.3) is 10.9 Å². The highest BCUT2D eigenvalue weighted by atomic mass is 16.5. The van der Waals surface area contributed by atoms with Gasteiger partial charge in [-0.15, -0.1) is 0 Å². The second-order valence-corrected chi connectivity index (χ2v) is 5.39. The molecule has 0 aliphatic heterocycles. The van der Waals surface area contributed by atoms with Crippen molar-refractivity contribution < 1.29 is 4.74 Å². The van der Waals surface area contributed by atoms with Gasteiger partial charge >= 0.3 is 0 Å². The summed E-state index contributed by atoms with van der Waals surface area (Å²) in [5.41, 5.74) is 2.74. The minimum atomic E-state index is 0.553. The van der Waals surface area contributed by atoms with Gasteiger partial charge in [-0.25, -0.2) is 0 Å². The van der Waals surface area contributed by atoms with Gasteiger partial charge in [0.1, 0.15) is 0 Å². The fourth-order valence-electron chi connectivity index (χ4n) is 2.76. The predicted molar refractivity (Wildman–Crippen MR) is 85.1 cm³/mol. The number of nitrogens with zero attached hydrogens (tertiary/aromatic N) is 1. The number of benzene rings is 1. The zero-order valence-electron chi connectivity index (χ0n) is 12.9. The molecule has 0 saturated carbocycles. The summed E-state index contributed by atoms with van der Waals surface area (Å²) < 4.78 is 7.50. The fraction of sp³-hybridized carbons (Fsp3) is 0.529. The van der Waals surface area contributed by atoms with E-state index in [0.29, 0.717) is 6.04 Å². The molecule has 0 radical (unpaired) electrons. The topological polar surface area (TPSA) is 26.2 Å². The molecule has 1 aromatic carbocycles. The van der Waals surface area contributed by atoms with Crippen molar-refractivity contribution in [2.24, 2.45) is 0 Å². The van der Waals surface area contributed by atoms with Crippen molar-refractivity contribution >= 4 is 10.9 Å². The van der Waals surface area contributed by atoms with E-state index in [4.69, 9.17) is 4.74 Å². The molecule has 1 heterocycles. The summed E-state index contributed by atoms with van der Waals surface area (Å²) >= 11 is 0. The quantitative estimate of drug-likeness (QED) is 0.742. The van der Waals surface area contributed by atoms with Crippen LogP contribution in [0.1, 0.15) is 38.3 Å². The van der Waals surface area contributed by atoms with E-state index in [1.165, 1.54) is 29.3 Å². The van der Waals surface area contributed by atoms with Gasteiger partial charge in [0.25, 0.3) is 0 Å². The molecule has 2 aromatic rings. The van der Waals surface area contributed by atoms with E-state index >= 15 is 0 Å². The third kappa shape index (κ3) is 3.41. The lowest BCUT2D eigenvalue weighted by molar-refractivity contribution is 0.199. The predicted octanol–water partition coefficient (Wildman–Crippen LogP) is 3.74. The van der Waals surface area contributed by atoms with Crippen molar-refractivity contribution in [2.45, 2.75) is 39.3 Å². The Labute approximate surface area is 121 Å². The zero-order valence-corrected chi connectivity index (χ0v) is 12.9. The number of fused-ring (bicyclic) bond motifs is 1. The molecule has 3 nitrogen and oxygen atoms in total. The molecule has 0 bridgehead atoms. The van der Waals surface area contributed by atoms with E-state index < -0.39 is 0 Å². The number of rotatable bonds is 8. The third-order valence-corrected chi connectivity index (χ3v) is 3.80. The van der Waals surface area contributed by atoms with E-state index in [9.17, 15) is 0 Å². The van der Waals surface area contributed by atoms with Gasteiger partial charge in [-0.3, -0.25) is 0 Å². The molecule has 20 heavy (non-hydrogen) atoms. The van der Waals surface area contributed by atoms with Crippen LogP contribution in [0.3, 0.4) is 0 Å². The molecule has 3 heteroatoms. The average molecular weight is 274 g/mol. The van der Waals surface area contributed by atoms with E-state index in [1.54, 1.807) is 7.11 Å². The van der Waals surface area contributed by atoms with E-state index in [2.05, 4.69) is 54.2 Å². The summed E-state index contributed by atoms with van der Waals surface area (Å²) in [6.45, 7) is 7.08. The van der Waals surface area contributed by atoms with Crippen molar-refractivity contribution in [3.63, 3.8) is 0 Å². The summed E-state index contributed by atoms with van der Waals surface area (Å²) in [5, 5.41) is 4.78. The van der Waals surface area contributed by atoms with Gasteiger partial charge in [0.15, 0.2) is 0 Å². The maximum Gasteiger partial charge on any atom is 0.0587 e. The first-order valence-corrected chi connectivity index (χ1v) is 7.56. The molecular formula is C17H26N2O. The van der Waals surface area contributed by atoms with E-state index in [0.717, 1.165) is 19.7 Å². The first kappa shape index (κ1) is 15.1. The fourth-order valence-corrected chi connectivity index (χ4v) is 2.76. The van der Waals surface area contributed by atoms with Crippen LogP contribution in [0.4, 0.5) is 0 Å². The second-order valence-electron chi connectivity index (χ2n) is 5.39. The van der Waals surface area contributed by atoms with Crippen molar-refractivity contribution in [1.82, 2.24) is 9.88 Å². The van der Waals surface area contributed by atoms with Gasteiger partial charge in [-0.2, -0.15) is 0 Å². The van der Waals surface area contributed by atoms with Gasteiger partial charge in [0.05, 0.1) is 12.1 Å². The van der Waals surface area contributed by atoms with Crippen LogP contribution in [-0.2, 0) is 11.3 Å². The lowest BCUT2D eigenvalue weighted by atomic mass is 10.1. The number of aromatic nitrogens is 1. The number of nitrogens with one attached hydrogen (secondary N) is 1. The zero-order chi connectivity index (χ0) is 14.4. The Balaban J connectivity index is 2.22. The summed E-state index contributed by atoms with van der Waals surface area (Å²) in [6, 6.07) is 9.34. The van der Waals surface area contributed by atoms with Gasteiger partial charge in [0, 0.05) is 32.4 Å². The molecular weight excluding hydrogens is 248 g/mol. The SMILES string of the molecule is CCCC(C)n1ccc2cccc(CNCCOC)c21. The van der Waals surface area contributed by atoms with Crippen molar-refractivity contribution in [1.29, 1.82) is 0 Å². The standard InChI is InChI=1S/C17H26N2O/c1-4-6-14(2)19-11-9-15-7-5-8-16(17(15)19)13-18-10-12-20-3/h5,7-9,11,14,18H,4,6,10,12-13H2,1-3H3. The van der Waals surface area contributed by atoms with Crippen LogP contribution in [-0.4, -0.2) is 24.8 Å². The molecule has 2 rings (SSSR count). The Morgan fingerprint density at radius 1 is 1.30 bits per heavy atom. The van der Waals surface area contributed by atoms with Crippen molar-refractivity contribution in [2.75, 3.05) is 20.3 Å². The number of hydrogen-bond acceptors (Lipinski definition) is 2. The summed E-state index contributed by atoms with van der Waals surface area (Å²) in [6.07, 6.45) is 4.66. The average Bonchev–Trinajstić information content (AvgIpc) is 2.88. The minimum Gasteiger partial charge on any atom is -0.383 e. The Morgan fingerprint density at radius 2 is 2.15 bits per heavy atom. The number of para-hydroxylation sites is 1. The van der Waals surface area contributed by atoms with Crippen LogP contribution >= 0.6 is 0 Å². The summed E-state index contributed by atoms with van der Waals surface area (Å²) in [7, 11) is 1.74. The molecule has 0 aliphatic carbocycles. The normalized spacial score (nSPS) is 12.9. The molecule has 1 aromatic heterocycles. The molecule has 0 saturated heterocycles. The van der Waals surface area contributed by atoms with E-state index in [1.807, 2.05) is 0 Å². The van der Waals surface area contributed by atoms with Crippen LogP contribution < -0.4 is 5.32 Å². The lowest BCUT2D eigenvalue weighted by Crippen LogP contribution is -2.19. The van der Waals surface area contributed by atoms with E-state index in [-0.39, 0.29) is 0 Å². The van der Waals surface area contributed by atoms with Gasteiger partial charge < -0.3 is 14.6 Å². The molecule has 1 unspecified atom stereocenters. The molecule has 0 amide bonds. The van der Waals surface area contributed by atoms with Crippen LogP contribution in [0.15, 0.2) is 30.5 Å². The molecule has 0 fully saturated rings. The Kier molecular flexibility index (Phi) is 5.62. The Morgan fingerprint density at radius 3 is 2.90 bits per heavy atom. The highest BCUT2D eigenvalue weighted by Gasteiger charge is 2.10. The van der Waals surface area contributed by atoms with Gasteiger partial charge in [-0.1, -0.05) is 31.5 Å². The Hall–Kier alpha value is -1.32. The largest absolute Gasteiger partial charge is 0.383 e. The number of methoxy groups -OCH3 is 1. The van der Waals surface area contributed by atoms with Gasteiger partial charge in [-0.05, 0) is 30.4 Å². The second kappa shape index (κ2) is 7.46. The molecule has 0 aliphatic rings. The maximum absolute atomic E-state index is 5.08. The number of ether oxygens (including phenoxy) is 1. The Bertz CT molecular complexity index is 533. The highest BCUT2D eigenvalue weighted by Crippen LogP contribution is 2.25. The minimum absolute atomic E-state index is 0.553. The monoisotopic (exact) mass is 274 g/mol. The van der Waals surface area contributed by atoms with Crippen molar-refractivity contribution in [3.05, 3.63) is 36.0 Å². The van der Waals surface area contributed by atoms with Crippen LogP contribution in [0, 0.1) is 0 Å².